The van der Waals surface area contributed by atoms with Crippen molar-refractivity contribution in [3.63, 3.8) is 0 Å². The van der Waals surface area contributed by atoms with Gasteiger partial charge in [-0.1, -0.05) is 39.0 Å². The fourth-order valence-corrected chi connectivity index (χ4v) is 4.59. The van der Waals surface area contributed by atoms with Crippen molar-refractivity contribution in [2.45, 2.75) is 38.6 Å². The molecule has 1 aliphatic rings. The molecule has 1 atom stereocenters. The minimum atomic E-state index is 0.307. The van der Waals surface area contributed by atoms with Crippen LogP contribution in [0.2, 0.25) is 0 Å². The standard InChI is InChI=1S/C15H19NS/c1-4-16-11-9-15(2,3)13-10-7-5-6-8-12(10)17-14(11)13/h5-8,11,16H,4,9H2,1-3H3. The molecule has 3 rings (SSSR count). The Labute approximate surface area is 107 Å². The third-order valence-corrected chi connectivity index (χ3v) is 5.07. The first-order valence-electron chi connectivity index (χ1n) is 6.39. The Bertz CT molecular complexity index is 553. The summed E-state index contributed by atoms with van der Waals surface area (Å²) in [4.78, 5) is 1.57. The summed E-state index contributed by atoms with van der Waals surface area (Å²) in [6, 6.07) is 9.38. The van der Waals surface area contributed by atoms with Gasteiger partial charge in [-0.3, -0.25) is 0 Å². The van der Waals surface area contributed by atoms with Gasteiger partial charge in [0.1, 0.15) is 0 Å². The second-order valence-corrected chi connectivity index (χ2v) is 6.62. The highest BCUT2D eigenvalue weighted by molar-refractivity contribution is 7.19. The molecule has 2 aromatic rings. The maximum atomic E-state index is 3.63. The summed E-state index contributed by atoms with van der Waals surface area (Å²) < 4.78 is 1.44. The molecule has 1 aliphatic carbocycles. The summed E-state index contributed by atoms with van der Waals surface area (Å²) in [5.41, 5.74) is 1.89. The van der Waals surface area contributed by atoms with Gasteiger partial charge in [0.2, 0.25) is 0 Å². The molecule has 1 heterocycles. The van der Waals surface area contributed by atoms with E-state index in [-0.39, 0.29) is 0 Å². The van der Waals surface area contributed by atoms with Crippen LogP contribution in [0.4, 0.5) is 0 Å². The van der Waals surface area contributed by atoms with E-state index in [4.69, 9.17) is 0 Å². The van der Waals surface area contributed by atoms with E-state index in [0.717, 1.165) is 6.54 Å². The first kappa shape index (κ1) is 11.2. The Morgan fingerprint density at radius 1 is 1.35 bits per heavy atom. The highest BCUT2D eigenvalue weighted by atomic mass is 32.1. The highest BCUT2D eigenvalue weighted by Gasteiger charge is 2.39. The maximum absolute atomic E-state index is 3.63. The second kappa shape index (κ2) is 3.82. The number of hydrogen-bond donors (Lipinski definition) is 1. The third-order valence-electron chi connectivity index (χ3n) is 3.78. The molecular formula is C15H19NS. The molecule has 0 radical (unpaired) electrons. The molecule has 0 saturated carbocycles. The van der Waals surface area contributed by atoms with Crippen molar-refractivity contribution >= 4 is 21.4 Å². The monoisotopic (exact) mass is 245 g/mol. The van der Waals surface area contributed by atoms with Crippen LogP contribution < -0.4 is 5.32 Å². The van der Waals surface area contributed by atoms with Crippen LogP contribution >= 0.6 is 11.3 Å². The lowest BCUT2D eigenvalue weighted by Gasteiger charge is -2.20. The smallest absolute Gasteiger partial charge is 0.0426 e. The molecule has 1 aromatic heterocycles. The van der Waals surface area contributed by atoms with Crippen molar-refractivity contribution in [2.24, 2.45) is 0 Å². The summed E-state index contributed by atoms with van der Waals surface area (Å²) in [6.45, 7) is 8.00. The topological polar surface area (TPSA) is 12.0 Å². The Morgan fingerprint density at radius 3 is 2.88 bits per heavy atom. The highest BCUT2D eigenvalue weighted by Crippen LogP contribution is 2.51. The van der Waals surface area contributed by atoms with E-state index >= 15 is 0 Å². The van der Waals surface area contributed by atoms with Gasteiger partial charge < -0.3 is 5.32 Å². The van der Waals surface area contributed by atoms with Gasteiger partial charge in [0, 0.05) is 15.6 Å². The molecule has 17 heavy (non-hydrogen) atoms. The quantitative estimate of drug-likeness (QED) is 0.834. The summed E-state index contributed by atoms with van der Waals surface area (Å²) >= 11 is 1.97. The average molecular weight is 245 g/mol. The van der Waals surface area contributed by atoms with Crippen LogP contribution in [-0.2, 0) is 5.41 Å². The molecule has 90 valence electrons. The molecule has 0 amide bonds. The van der Waals surface area contributed by atoms with E-state index in [1.165, 1.54) is 16.5 Å². The Kier molecular flexibility index (Phi) is 2.53. The molecule has 0 bridgehead atoms. The lowest BCUT2D eigenvalue weighted by molar-refractivity contribution is 0.436. The van der Waals surface area contributed by atoms with Crippen LogP contribution in [0.25, 0.3) is 10.1 Å². The van der Waals surface area contributed by atoms with Crippen LogP contribution in [-0.4, -0.2) is 6.54 Å². The van der Waals surface area contributed by atoms with E-state index in [2.05, 4.69) is 50.4 Å². The van der Waals surface area contributed by atoms with Crippen LogP contribution in [0.3, 0.4) is 0 Å². The zero-order valence-electron chi connectivity index (χ0n) is 10.7. The zero-order valence-corrected chi connectivity index (χ0v) is 11.5. The van der Waals surface area contributed by atoms with Crippen LogP contribution in [0.1, 0.15) is 43.7 Å². The fourth-order valence-electron chi connectivity index (χ4n) is 3.12. The molecule has 1 nitrogen and oxygen atoms in total. The van der Waals surface area contributed by atoms with Crippen molar-refractivity contribution in [1.29, 1.82) is 0 Å². The molecule has 2 heteroatoms. The number of fused-ring (bicyclic) bond motifs is 3. The second-order valence-electron chi connectivity index (χ2n) is 5.54. The van der Waals surface area contributed by atoms with Gasteiger partial charge in [0.25, 0.3) is 0 Å². The molecule has 0 aliphatic heterocycles. The first-order valence-corrected chi connectivity index (χ1v) is 7.20. The predicted molar refractivity (Wildman–Crippen MR) is 75.9 cm³/mol. The van der Waals surface area contributed by atoms with Crippen LogP contribution in [0.5, 0.6) is 0 Å². The first-order chi connectivity index (χ1) is 8.13. The zero-order chi connectivity index (χ0) is 12.0. The molecule has 1 unspecified atom stereocenters. The summed E-state index contributed by atoms with van der Waals surface area (Å²) in [5.74, 6) is 0. The minimum Gasteiger partial charge on any atom is -0.309 e. The van der Waals surface area contributed by atoms with Gasteiger partial charge in [-0.05, 0) is 35.4 Å². The number of hydrogen-bond acceptors (Lipinski definition) is 2. The lowest BCUT2D eigenvalue weighted by atomic mass is 9.85. The molecular weight excluding hydrogens is 226 g/mol. The summed E-state index contributed by atoms with van der Waals surface area (Å²) in [5, 5.41) is 5.10. The number of rotatable bonds is 2. The lowest BCUT2D eigenvalue weighted by Crippen LogP contribution is -2.20. The average Bonchev–Trinajstić information content (AvgIpc) is 2.77. The fraction of sp³-hybridized carbons (Fsp3) is 0.467. The van der Waals surface area contributed by atoms with Gasteiger partial charge in [-0.25, -0.2) is 0 Å². The van der Waals surface area contributed by atoms with Gasteiger partial charge in [0.15, 0.2) is 0 Å². The summed E-state index contributed by atoms with van der Waals surface area (Å²) in [7, 11) is 0. The Balaban J connectivity index is 2.22. The minimum absolute atomic E-state index is 0.307. The van der Waals surface area contributed by atoms with Gasteiger partial charge in [-0.15, -0.1) is 11.3 Å². The summed E-state index contributed by atoms with van der Waals surface area (Å²) in [6.07, 6.45) is 1.23. The number of thiophene rings is 1. The van der Waals surface area contributed by atoms with Crippen LogP contribution in [0, 0.1) is 0 Å². The normalized spacial score (nSPS) is 21.9. The van der Waals surface area contributed by atoms with Crippen molar-refractivity contribution in [3.05, 3.63) is 34.7 Å². The van der Waals surface area contributed by atoms with Crippen molar-refractivity contribution in [3.8, 4) is 0 Å². The number of benzene rings is 1. The molecule has 0 saturated heterocycles. The molecule has 0 spiro atoms. The van der Waals surface area contributed by atoms with E-state index in [0.29, 0.717) is 11.5 Å². The van der Waals surface area contributed by atoms with Crippen molar-refractivity contribution in [2.75, 3.05) is 6.54 Å². The third kappa shape index (κ3) is 1.62. The molecule has 1 N–H and O–H groups in total. The molecule has 0 fully saturated rings. The van der Waals surface area contributed by atoms with E-state index in [1.807, 2.05) is 11.3 Å². The Morgan fingerprint density at radius 2 is 2.12 bits per heavy atom. The van der Waals surface area contributed by atoms with E-state index in [1.54, 1.807) is 10.4 Å². The van der Waals surface area contributed by atoms with Gasteiger partial charge in [0.05, 0.1) is 0 Å². The SMILES string of the molecule is CCNC1CC(C)(C)c2c1sc1ccccc21. The van der Waals surface area contributed by atoms with Crippen molar-refractivity contribution < 1.29 is 0 Å². The van der Waals surface area contributed by atoms with Crippen molar-refractivity contribution in [1.82, 2.24) is 5.32 Å². The van der Waals surface area contributed by atoms with Gasteiger partial charge in [-0.2, -0.15) is 0 Å². The van der Waals surface area contributed by atoms with E-state index < -0.39 is 0 Å². The molecule has 1 aromatic carbocycles. The van der Waals surface area contributed by atoms with Gasteiger partial charge >= 0.3 is 0 Å². The largest absolute Gasteiger partial charge is 0.309 e. The van der Waals surface area contributed by atoms with E-state index in [9.17, 15) is 0 Å². The maximum Gasteiger partial charge on any atom is 0.0426 e. The number of nitrogens with one attached hydrogen (secondary N) is 1. The predicted octanol–water partition coefficient (Wildman–Crippen LogP) is 4.23. The Hall–Kier alpha value is -0.860. The van der Waals surface area contributed by atoms with Crippen LogP contribution in [0.15, 0.2) is 24.3 Å².